The average molecular weight is 216 g/mol. The van der Waals surface area contributed by atoms with E-state index in [0.29, 0.717) is 13.0 Å². The van der Waals surface area contributed by atoms with Gasteiger partial charge in [-0.2, -0.15) is 0 Å². The quantitative estimate of drug-likeness (QED) is 0.525. The van der Waals surface area contributed by atoms with E-state index in [1.165, 1.54) is 0 Å². The number of ether oxygens (including phenoxy) is 1. The zero-order valence-electron chi connectivity index (χ0n) is 9.47. The van der Waals surface area contributed by atoms with E-state index in [1.54, 1.807) is 0 Å². The molecular weight excluding hydrogens is 196 g/mol. The van der Waals surface area contributed by atoms with Crippen LogP contribution in [0.15, 0.2) is 0 Å². The van der Waals surface area contributed by atoms with Gasteiger partial charge in [0.05, 0.1) is 6.61 Å². The van der Waals surface area contributed by atoms with Gasteiger partial charge in [-0.05, 0) is 12.8 Å². The molecule has 0 saturated heterocycles. The number of rotatable bonds is 6. The molecule has 88 valence electrons. The summed E-state index contributed by atoms with van der Waals surface area (Å²) < 4.78 is 4.77. The van der Waals surface area contributed by atoms with Crippen molar-refractivity contribution in [2.75, 3.05) is 6.61 Å². The summed E-state index contributed by atoms with van der Waals surface area (Å²) in [7, 11) is 0. The van der Waals surface area contributed by atoms with Crippen LogP contribution in [-0.2, 0) is 9.53 Å². The van der Waals surface area contributed by atoms with Crippen molar-refractivity contribution >= 4 is 12.0 Å². The number of amides is 2. The number of hydrogen-bond donors (Lipinski definition) is 2. The van der Waals surface area contributed by atoms with Crippen molar-refractivity contribution in [1.29, 1.82) is 0 Å². The largest absolute Gasteiger partial charge is 0.448 e. The van der Waals surface area contributed by atoms with Gasteiger partial charge >= 0.3 is 6.09 Å². The lowest BCUT2D eigenvalue weighted by Gasteiger charge is -2.07. The van der Waals surface area contributed by atoms with Crippen LogP contribution in [0.5, 0.6) is 0 Å². The topological polar surface area (TPSA) is 67.4 Å². The highest BCUT2D eigenvalue weighted by Gasteiger charge is 2.03. The van der Waals surface area contributed by atoms with E-state index in [9.17, 15) is 9.59 Å². The fourth-order valence-corrected chi connectivity index (χ4v) is 0.866. The second kappa shape index (κ2) is 9.30. The molecule has 0 saturated carbocycles. The van der Waals surface area contributed by atoms with Gasteiger partial charge in [-0.25, -0.2) is 10.2 Å². The summed E-state index contributed by atoms with van der Waals surface area (Å²) in [5.41, 5.74) is 4.47. The van der Waals surface area contributed by atoms with Crippen LogP contribution in [0, 0.1) is 0 Å². The number of hydrazine groups is 1. The molecule has 0 aromatic rings. The molecule has 0 radical (unpaired) electrons. The fourth-order valence-electron chi connectivity index (χ4n) is 0.866. The Hall–Kier alpha value is -1.26. The monoisotopic (exact) mass is 216 g/mol. The summed E-state index contributed by atoms with van der Waals surface area (Å²) in [6.45, 7) is 4.39. The summed E-state index contributed by atoms with van der Waals surface area (Å²) >= 11 is 0. The standard InChI is InChI=1S/C10H20N2O3/c1-3-5-7-9(13)11-12-10(14)15-8-6-4-2/h3-8H2,1-2H3,(H,11,13)(H,12,14). The van der Waals surface area contributed by atoms with Gasteiger partial charge < -0.3 is 4.74 Å². The molecule has 0 aliphatic heterocycles. The molecule has 0 bridgehead atoms. The summed E-state index contributed by atoms with van der Waals surface area (Å²) in [5.74, 6) is -0.190. The zero-order valence-corrected chi connectivity index (χ0v) is 9.47. The first-order valence-electron chi connectivity index (χ1n) is 5.42. The molecular formula is C10H20N2O3. The molecule has 0 aliphatic rings. The van der Waals surface area contributed by atoms with Gasteiger partial charge in [0.1, 0.15) is 0 Å². The van der Waals surface area contributed by atoms with E-state index in [2.05, 4.69) is 10.9 Å². The maximum atomic E-state index is 11.1. The molecule has 0 spiro atoms. The third kappa shape index (κ3) is 9.05. The summed E-state index contributed by atoms with van der Waals surface area (Å²) in [5, 5.41) is 0. The molecule has 2 amide bonds. The number of unbranched alkanes of at least 4 members (excludes halogenated alkanes) is 2. The number of hydrogen-bond acceptors (Lipinski definition) is 3. The predicted molar refractivity (Wildman–Crippen MR) is 57.1 cm³/mol. The Morgan fingerprint density at radius 2 is 1.73 bits per heavy atom. The van der Waals surface area contributed by atoms with Crippen molar-refractivity contribution in [3.63, 3.8) is 0 Å². The van der Waals surface area contributed by atoms with E-state index in [1.807, 2.05) is 13.8 Å². The molecule has 15 heavy (non-hydrogen) atoms. The molecule has 0 fully saturated rings. The van der Waals surface area contributed by atoms with Crippen LogP contribution >= 0.6 is 0 Å². The fraction of sp³-hybridized carbons (Fsp3) is 0.800. The highest BCUT2D eigenvalue weighted by atomic mass is 16.6. The SMILES string of the molecule is CCCCOC(=O)NNC(=O)CCCC. The minimum Gasteiger partial charge on any atom is -0.448 e. The molecule has 0 aromatic heterocycles. The average Bonchev–Trinajstić information content (AvgIpc) is 2.24. The van der Waals surface area contributed by atoms with Gasteiger partial charge in [-0.3, -0.25) is 10.2 Å². The molecule has 0 heterocycles. The molecule has 5 nitrogen and oxygen atoms in total. The van der Waals surface area contributed by atoms with Gasteiger partial charge in [0, 0.05) is 6.42 Å². The first-order chi connectivity index (χ1) is 7.20. The van der Waals surface area contributed by atoms with E-state index in [0.717, 1.165) is 25.7 Å². The van der Waals surface area contributed by atoms with Crippen LogP contribution in [0.1, 0.15) is 46.0 Å². The Morgan fingerprint density at radius 3 is 2.33 bits per heavy atom. The lowest BCUT2D eigenvalue weighted by molar-refractivity contribution is -0.122. The van der Waals surface area contributed by atoms with E-state index in [-0.39, 0.29) is 5.91 Å². The van der Waals surface area contributed by atoms with Crippen molar-refractivity contribution < 1.29 is 14.3 Å². The van der Waals surface area contributed by atoms with E-state index in [4.69, 9.17) is 4.74 Å². The molecule has 2 N–H and O–H groups in total. The predicted octanol–water partition coefficient (Wildman–Crippen LogP) is 1.73. The van der Waals surface area contributed by atoms with E-state index >= 15 is 0 Å². The maximum Gasteiger partial charge on any atom is 0.426 e. The van der Waals surface area contributed by atoms with Gasteiger partial charge in [-0.1, -0.05) is 26.7 Å². The van der Waals surface area contributed by atoms with Crippen molar-refractivity contribution in [1.82, 2.24) is 10.9 Å². The minimum absolute atomic E-state index is 0.190. The Balaban J connectivity index is 3.40. The Morgan fingerprint density at radius 1 is 1.07 bits per heavy atom. The van der Waals surface area contributed by atoms with Crippen molar-refractivity contribution in [3.05, 3.63) is 0 Å². The van der Waals surface area contributed by atoms with Gasteiger partial charge in [0.2, 0.25) is 5.91 Å². The molecule has 0 unspecified atom stereocenters. The normalized spacial score (nSPS) is 9.47. The van der Waals surface area contributed by atoms with Crippen LogP contribution in [0.3, 0.4) is 0 Å². The highest BCUT2D eigenvalue weighted by Crippen LogP contribution is 1.92. The van der Waals surface area contributed by atoms with E-state index < -0.39 is 6.09 Å². The molecule has 0 atom stereocenters. The second-order valence-corrected chi connectivity index (χ2v) is 3.27. The third-order valence-electron chi connectivity index (χ3n) is 1.79. The Labute approximate surface area is 90.5 Å². The van der Waals surface area contributed by atoms with Gasteiger partial charge in [0.15, 0.2) is 0 Å². The summed E-state index contributed by atoms with van der Waals surface area (Å²) in [4.78, 5) is 22.0. The summed E-state index contributed by atoms with van der Waals surface area (Å²) in [6.07, 6.45) is 3.39. The van der Waals surface area contributed by atoms with Crippen molar-refractivity contribution in [2.45, 2.75) is 46.0 Å². The highest BCUT2D eigenvalue weighted by molar-refractivity contribution is 5.78. The number of nitrogens with one attached hydrogen (secondary N) is 2. The molecule has 0 aromatic carbocycles. The van der Waals surface area contributed by atoms with Crippen molar-refractivity contribution in [3.8, 4) is 0 Å². The number of carbonyl (C=O) groups is 2. The van der Waals surface area contributed by atoms with Crippen LogP contribution in [0.25, 0.3) is 0 Å². The smallest absolute Gasteiger partial charge is 0.426 e. The first-order valence-corrected chi connectivity index (χ1v) is 5.42. The lowest BCUT2D eigenvalue weighted by atomic mass is 10.2. The summed E-state index contributed by atoms with van der Waals surface area (Å²) in [6, 6.07) is 0. The van der Waals surface area contributed by atoms with Crippen LogP contribution in [-0.4, -0.2) is 18.6 Å². The Kier molecular flexibility index (Phi) is 8.52. The van der Waals surface area contributed by atoms with Crippen molar-refractivity contribution in [2.24, 2.45) is 0 Å². The molecule has 0 rings (SSSR count). The maximum absolute atomic E-state index is 11.1. The van der Waals surface area contributed by atoms with Gasteiger partial charge in [-0.15, -0.1) is 0 Å². The zero-order chi connectivity index (χ0) is 11.5. The van der Waals surface area contributed by atoms with Crippen LogP contribution in [0.4, 0.5) is 4.79 Å². The van der Waals surface area contributed by atoms with Gasteiger partial charge in [0.25, 0.3) is 0 Å². The van der Waals surface area contributed by atoms with Crippen LogP contribution < -0.4 is 10.9 Å². The number of carbonyl (C=O) groups excluding carboxylic acids is 2. The second-order valence-electron chi connectivity index (χ2n) is 3.27. The Bertz CT molecular complexity index is 195. The minimum atomic E-state index is -0.603. The molecule has 0 aliphatic carbocycles. The molecule has 5 heteroatoms. The lowest BCUT2D eigenvalue weighted by Crippen LogP contribution is -2.41. The third-order valence-corrected chi connectivity index (χ3v) is 1.79. The first kappa shape index (κ1) is 13.7. The van der Waals surface area contributed by atoms with Crippen LogP contribution in [0.2, 0.25) is 0 Å².